The molecular weight excluding hydrogens is 218 g/mol. The molecular formula is C13H19NO3. The summed E-state index contributed by atoms with van der Waals surface area (Å²) in [5.74, 6) is -0.135. The van der Waals surface area contributed by atoms with Gasteiger partial charge in [0.25, 0.3) is 5.91 Å². The first kappa shape index (κ1) is 13.7. The van der Waals surface area contributed by atoms with Gasteiger partial charge in [-0.15, -0.1) is 0 Å². The monoisotopic (exact) mass is 237 g/mol. The van der Waals surface area contributed by atoms with Crippen molar-refractivity contribution in [3.63, 3.8) is 0 Å². The van der Waals surface area contributed by atoms with E-state index in [1.54, 1.807) is 13.2 Å². The third-order valence-electron chi connectivity index (χ3n) is 2.46. The van der Waals surface area contributed by atoms with Crippen molar-refractivity contribution in [1.29, 1.82) is 0 Å². The first-order valence-electron chi connectivity index (χ1n) is 5.64. The Morgan fingerprint density at radius 1 is 1.53 bits per heavy atom. The first-order valence-corrected chi connectivity index (χ1v) is 5.64. The van der Waals surface area contributed by atoms with Gasteiger partial charge in [0.05, 0.1) is 12.6 Å². The quantitative estimate of drug-likeness (QED) is 0.779. The maximum Gasteiger partial charge on any atom is 0.251 e. The van der Waals surface area contributed by atoms with Crippen molar-refractivity contribution in [3.8, 4) is 0 Å². The fraction of sp³-hybridized carbons (Fsp3) is 0.462. The molecule has 2 N–H and O–H groups in total. The summed E-state index contributed by atoms with van der Waals surface area (Å²) in [7, 11) is 1.57. The van der Waals surface area contributed by atoms with Crippen LogP contribution in [0.3, 0.4) is 0 Å². The van der Waals surface area contributed by atoms with E-state index in [2.05, 4.69) is 5.32 Å². The number of amides is 1. The SMILES string of the molecule is COCC(CCO)NC(=O)c1cccc(C)c1. The highest BCUT2D eigenvalue weighted by Gasteiger charge is 2.13. The lowest BCUT2D eigenvalue weighted by Gasteiger charge is -2.16. The van der Waals surface area contributed by atoms with Crippen molar-refractivity contribution in [2.24, 2.45) is 0 Å². The third kappa shape index (κ3) is 4.54. The Labute approximate surface area is 102 Å². The van der Waals surface area contributed by atoms with E-state index in [-0.39, 0.29) is 18.6 Å². The minimum Gasteiger partial charge on any atom is -0.396 e. The molecule has 0 aliphatic carbocycles. The van der Waals surface area contributed by atoms with Gasteiger partial charge < -0.3 is 15.2 Å². The van der Waals surface area contributed by atoms with Crippen molar-refractivity contribution in [2.45, 2.75) is 19.4 Å². The van der Waals surface area contributed by atoms with Crippen LogP contribution < -0.4 is 5.32 Å². The predicted octanol–water partition coefficient (Wildman–Crippen LogP) is 1.12. The van der Waals surface area contributed by atoms with E-state index in [1.165, 1.54) is 0 Å². The molecule has 0 bridgehead atoms. The van der Waals surface area contributed by atoms with Crippen molar-refractivity contribution in [1.82, 2.24) is 5.32 Å². The molecule has 1 aromatic rings. The van der Waals surface area contributed by atoms with Crippen LogP contribution in [0, 0.1) is 6.92 Å². The number of aryl methyl sites for hydroxylation is 1. The number of hydrogen-bond donors (Lipinski definition) is 2. The van der Waals surface area contributed by atoms with Crippen molar-refractivity contribution >= 4 is 5.91 Å². The highest BCUT2D eigenvalue weighted by Crippen LogP contribution is 2.04. The predicted molar refractivity (Wildman–Crippen MR) is 66.0 cm³/mol. The lowest BCUT2D eigenvalue weighted by atomic mass is 10.1. The van der Waals surface area contributed by atoms with E-state index in [4.69, 9.17) is 9.84 Å². The molecule has 1 atom stereocenters. The molecule has 0 aliphatic rings. The molecule has 1 aromatic carbocycles. The highest BCUT2D eigenvalue weighted by molar-refractivity contribution is 5.94. The second-order valence-corrected chi connectivity index (χ2v) is 4.01. The molecule has 0 aromatic heterocycles. The van der Waals surface area contributed by atoms with Crippen LogP contribution in [0.2, 0.25) is 0 Å². The summed E-state index contributed by atoms with van der Waals surface area (Å²) in [6, 6.07) is 7.24. The van der Waals surface area contributed by atoms with Crippen LogP contribution in [0.1, 0.15) is 22.3 Å². The summed E-state index contributed by atoms with van der Waals surface area (Å²) in [6.45, 7) is 2.37. The zero-order chi connectivity index (χ0) is 12.7. The summed E-state index contributed by atoms with van der Waals surface area (Å²) < 4.78 is 4.99. The molecule has 17 heavy (non-hydrogen) atoms. The van der Waals surface area contributed by atoms with Crippen LogP contribution in [-0.4, -0.2) is 37.4 Å². The fourth-order valence-electron chi connectivity index (χ4n) is 1.61. The summed E-state index contributed by atoms with van der Waals surface area (Å²) in [6.07, 6.45) is 0.491. The number of benzene rings is 1. The molecule has 1 unspecified atom stereocenters. The molecule has 0 aliphatic heterocycles. The number of ether oxygens (including phenoxy) is 1. The summed E-state index contributed by atoms with van der Waals surface area (Å²) in [4.78, 5) is 11.9. The Morgan fingerprint density at radius 2 is 2.29 bits per heavy atom. The summed E-state index contributed by atoms with van der Waals surface area (Å²) >= 11 is 0. The van der Waals surface area contributed by atoms with Gasteiger partial charge in [-0.2, -0.15) is 0 Å². The lowest BCUT2D eigenvalue weighted by Crippen LogP contribution is -2.38. The fourth-order valence-corrected chi connectivity index (χ4v) is 1.61. The van der Waals surface area contributed by atoms with Gasteiger partial charge in [0.1, 0.15) is 0 Å². The Balaban J connectivity index is 2.63. The van der Waals surface area contributed by atoms with Crippen LogP contribution in [-0.2, 0) is 4.74 Å². The molecule has 4 nitrogen and oxygen atoms in total. The highest BCUT2D eigenvalue weighted by atomic mass is 16.5. The first-order chi connectivity index (χ1) is 8.17. The zero-order valence-electron chi connectivity index (χ0n) is 10.3. The Hall–Kier alpha value is -1.39. The molecule has 1 rings (SSSR count). The molecule has 0 saturated carbocycles. The van der Waals surface area contributed by atoms with Crippen molar-refractivity contribution in [3.05, 3.63) is 35.4 Å². The molecule has 0 heterocycles. The Bertz CT molecular complexity index is 359. The van der Waals surface area contributed by atoms with Crippen LogP contribution in [0.25, 0.3) is 0 Å². The number of nitrogens with one attached hydrogen (secondary N) is 1. The molecule has 0 spiro atoms. The summed E-state index contributed by atoms with van der Waals surface area (Å²) in [5, 5.41) is 11.7. The van der Waals surface area contributed by atoms with Crippen LogP contribution in [0.15, 0.2) is 24.3 Å². The Kier molecular flexibility index (Phi) is 5.66. The van der Waals surface area contributed by atoms with Crippen molar-refractivity contribution in [2.75, 3.05) is 20.3 Å². The minimum absolute atomic E-state index is 0.0299. The number of aliphatic hydroxyl groups is 1. The van der Waals surface area contributed by atoms with Gasteiger partial charge in [0.2, 0.25) is 0 Å². The van der Waals surface area contributed by atoms with Gasteiger partial charge in [0.15, 0.2) is 0 Å². The van der Waals surface area contributed by atoms with Gasteiger partial charge in [-0.1, -0.05) is 17.7 Å². The third-order valence-corrected chi connectivity index (χ3v) is 2.46. The smallest absolute Gasteiger partial charge is 0.251 e. The van der Waals surface area contributed by atoms with E-state index in [0.29, 0.717) is 18.6 Å². The number of hydrogen-bond acceptors (Lipinski definition) is 3. The van der Waals surface area contributed by atoms with Gasteiger partial charge in [0, 0.05) is 19.3 Å². The summed E-state index contributed by atoms with van der Waals surface area (Å²) in [5.41, 5.74) is 1.67. The van der Waals surface area contributed by atoms with E-state index in [1.807, 2.05) is 25.1 Å². The normalized spacial score (nSPS) is 12.2. The van der Waals surface area contributed by atoms with E-state index in [0.717, 1.165) is 5.56 Å². The molecule has 94 valence electrons. The van der Waals surface area contributed by atoms with E-state index in [9.17, 15) is 4.79 Å². The van der Waals surface area contributed by atoms with E-state index >= 15 is 0 Å². The van der Waals surface area contributed by atoms with Gasteiger partial charge in [-0.25, -0.2) is 0 Å². The molecule has 0 fully saturated rings. The Morgan fingerprint density at radius 3 is 2.88 bits per heavy atom. The van der Waals surface area contributed by atoms with E-state index < -0.39 is 0 Å². The van der Waals surface area contributed by atoms with Gasteiger partial charge >= 0.3 is 0 Å². The minimum atomic E-state index is -0.155. The molecule has 4 heteroatoms. The lowest BCUT2D eigenvalue weighted by molar-refractivity contribution is 0.0878. The number of carbonyl (C=O) groups is 1. The number of methoxy groups -OCH3 is 1. The number of carbonyl (C=O) groups excluding carboxylic acids is 1. The van der Waals surface area contributed by atoms with Crippen LogP contribution in [0.4, 0.5) is 0 Å². The molecule has 1 amide bonds. The zero-order valence-corrected chi connectivity index (χ0v) is 10.3. The van der Waals surface area contributed by atoms with Gasteiger partial charge in [-0.05, 0) is 25.5 Å². The maximum atomic E-state index is 11.9. The second-order valence-electron chi connectivity index (χ2n) is 4.01. The molecule has 0 saturated heterocycles. The van der Waals surface area contributed by atoms with Crippen LogP contribution in [0.5, 0.6) is 0 Å². The topological polar surface area (TPSA) is 58.6 Å². The van der Waals surface area contributed by atoms with Crippen LogP contribution >= 0.6 is 0 Å². The number of rotatable bonds is 6. The number of aliphatic hydroxyl groups excluding tert-OH is 1. The second kappa shape index (κ2) is 7.04. The maximum absolute atomic E-state index is 11.9. The van der Waals surface area contributed by atoms with Crippen molar-refractivity contribution < 1.29 is 14.6 Å². The average molecular weight is 237 g/mol. The molecule has 0 radical (unpaired) electrons. The average Bonchev–Trinajstić information content (AvgIpc) is 2.29. The largest absolute Gasteiger partial charge is 0.396 e. The van der Waals surface area contributed by atoms with Gasteiger partial charge in [-0.3, -0.25) is 4.79 Å². The standard InChI is InChI=1S/C13H19NO3/c1-10-4-3-5-11(8-10)13(16)14-12(6-7-15)9-17-2/h3-5,8,12,15H,6-7,9H2,1-2H3,(H,14,16).